The lowest BCUT2D eigenvalue weighted by atomic mass is 9.73. The standard InChI is InChI=1S/C16H28O2/c17-15(18)16(11-6-1-2-7-12-16)13-10-14-8-4-3-5-9-14/h14H,1-13H2,(H,17,18). The van der Waals surface area contributed by atoms with Gasteiger partial charge < -0.3 is 5.11 Å². The second kappa shape index (κ2) is 6.58. The third-order valence-corrected chi connectivity index (χ3v) is 5.27. The van der Waals surface area contributed by atoms with Crippen molar-refractivity contribution in [2.45, 2.75) is 83.5 Å². The van der Waals surface area contributed by atoms with Crippen molar-refractivity contribution in [3.05, 3.63) is 0 Å². The normalized spacial score (nSPS) is 25.6. The zero-order valence-corrected chi connectivity index (χ0v) is 11.6. The summed E-state index contributed by atoms with van der Waals surface area (Å²) in [6.07, 6.45) is 15.5. The predicted molar refractivity (Wildman–Crippen MR) is 73.6 cm³/mol. The van der Waals surface area contributed by atoms with Crippen molar-refractivity contribution in [1.82, 2.24) is 0 Å². The van der Waals surface area contributed by atoms with Gasteiger partial charge in [0.25, 0.3) is 0 Å². The van der Waals surface area contributed by atoms with E-state index in [-0.39, 0.29) is 5.41 Å². The Labute approximate surface area is 111 Å². The molecule has 1 N–H and O–H groups in total. The molecule has 2 fully saturated rings. The number of carboxylic acids is 1. The van der Waals surface area contributed by atoms with Gasteiger partial charge in [-0.25, -0.2) is 0 Å². The second-order valence-electron chi connectivity index (χ2n) is 6.54. The molecule has 0 aliphatic heterocycles. The fourth-order valence-electron chi connectivity index (χ4n) is 3.93. The maximum Gasteiger partial charge on any atom is 0.309 e. The van der Waals surface area contributed by atoms with Gasteiger partial charge in [0.1, 0.15) is 0 Å². The van der Waals surface area contributed by atoms with E-state index in [1.807, 2.05) is 0 Å². The maximum absolute atomic E-state index is 11.7. The molecular weight excluding hydrogens is 224 g/mol. The second-order valence-corrected chi connectivity index (χ2v) is 6.54. The molecule has 0 aromatic rings. The van der Waals surface area contributed by atoms with Crippen LogP contribution >= 0.6 is 0 Å². The lowest BCUT2D eigenvalue weighted by molar-refractivity contribution is -0.150. The van der Waals surface area contributed by atoms with Crippen molar-refractivity contribution < 1.29 is 9.90 Å². The van der Waals surface area contributed by atoms with Gasteiger partial charge in [-0.05, 0) is 31.6 Å². The zero-order valence-electron chi connectivity index (χ0n) is 11.6. The highest BCUT2D eigenvalue weighted by Gasteiger charge is 2.38. The first-order valence-electron chi connectivity index (χ1n) is 7.96. The number of hydrogen-bond acceptors (Lipinski definition) is 1. The summed E-state index contributed by atoms with van der Waals surface area (Å²) in [5.41, 5.74) is -0.367. The Kier molecular flexibility index (Phi) is 5.08. The van der Waals surface area contributed by atoms with E-state index in [2.05, 4.69) is 0 Å². The van der Waals surface area contributed by atoms with Gasteiger partial charge in [0.2, 0.25) is 0 Å². The Morgan fingerprint density at radius 3 is 2.06 bits per heavy atom. The highest BCUT2D eigenvalue weighted by Crippen LogP contribution is 2.41. The first kappa shape index (κ1) is 13.9. The lowest BCUT2D eigenvalue weighted by Gasteiger charge is -2.31. The van der Waals surface area contributed by atoms with E-state index in [1.54, 1.807) is 0 Å². The molecule has 2 saturated carbocycles. The van der Waals surface area contributed by atoms with Crippen molar-refractivity contribution >= 4 is 5.97 Å². The first-order chi connectivity index (χ1) is 8.73. The van der Waals surface area contributed by atoms with E-state index >= 15 is 0 Å². The molecule has 18 heavy (non-hydrogen) atoms. The zero-order chi connectivity index (χ0) is 12.8. The van der Waals surface area contributed by atoms with E-state index < -0.39 is 5.97 Å². The SMILES string of the molecule is O=C(O)C1(CCC2CCCCC2)CCCCCC1. The van der Waals surface area contributed by atoms with Crippen LogP contribution in [-0.4, -0.2) is 11.1 Å². The minimum atomic E-state index is -0.514. The summed E-state index contributed by atoms with van der Waals surface area (Å²) in [6, 6.07) is 0. The van der Waals surface area contributed by atoms with E-state index in [0.29, 0.717) is 0 Å². The topological polar surface area (TPSA) is 37.3 Å². The van der Waals surface area contributed by atoms with Gasteiger partial charge in [-0.15, -0.1) is 0 Å². The molecule has 0 unspecified atom stereocenters. The molecule has 2 heteroatoms. The van der Waals surface area contributed by atoms with Crippen LogP contribution in [0.1, 0.15) is 83.5 Å². The number of aliphatic carboxylic acids is 1. The third-order valence-electron chi connectivity index (χ3n) is 5.27. The van der Waals surface area contributed by atoms with Gasteiger partial charge in [-0.1, -0.05) is 57.8 Å². The van der Waals surface area contributed by atoms with Crippen LogP contribution < -0.4 is 0 Å². The molecule has 0 atom stereocenters. The van der Waals surface area contributed by atoms with Gasteiger partial charge in [-0.2, -0.15) is 0 Å². The summed E-state index contributed by atoms with van der Waals surface area (Å²) in [4.78, 5) is 11.7. The summed E-state index contributed by atoms with van der Waals surface area (Å²) in [5.74, 6) is 0.304. The molecule has 0 amide bonds. The Morgan fingerprint density at radius 2 is 1.50 bits per heavy atom. The quantitative estimate of drug-likeness (QED) is 0.732. The number of hydrogen-bond donors (Lipinski definition) is 1. The summed E-state index contributed by atoms with van der Waals surface area (Å²) in [7, 11) is 0. The smallest absolute Gasteiger partial charge is 0.309 e. The van der Waals surface area contributed by atoms with E-state index in [4.69, 9.17) is 0 Å². The summed E-state index contributed by atoms with van der Waals surface area (Å²) >= 11 is 0. The highest BCUT2D eigenvalue weighted by molar-refractivity contribution is 5.74. The van der Waals surface area contributed by atoms with Crippen LogP contribution in [0.4, 0.5) is 0 Å². The Hall–Kier alpha value is -0.530. The largest absolute Gasteiger partial charge is 0.481 e. The van der Waals surface area contributed by atoms with Crippen LogP contribution in [0.15, 0.2) is 0 Å². The average Bonchev–Trinajstić information content (AvgIpc) is 2.64. The van der Waals surface area contributed by atoms with Gasteiger partial charge in [0.15, 0.2) is 0 Å². The average molecular weight is 252 g/mol. The molecule has 104 valence electrons. The Morgan fingerprint density at radius 1 is 0.944 bits per heavy atom. The molecule has 2 aliphatic carbocycles. The van der Waals surface area contributed by atoms with Crippen molar-refractivity contribution in [2.24, 2.45) is 11.3 Å². The minimum Gasteiger partial charge on any atom is -0.481 e. The molecule has 0 bridgehead atoms. The van der Waals surface area contributed by atoms with Gasteiger partial charge in [0.05, 0.1) is 5.41 Å². The Bertz CT molecular complexity index is 258. The van der Waals surface area contributed by atoms with E-state index in [9.17, 15) is 9.90 Å². The van der Waals surface area contributed by atoms with Crippen LogP contribution in [0, 0.1) is 11.3 Å². The molecule has 0 aromatic heterocycles. The summed E-state index contributed by atoms with van der Waals surface area (Å²) < 4.78 is 0. The van der Waals surface area contributed by atoms with Crippen molar-refractivity contribution in [2.75, 3.05) is 0 Å². The number of rotatable bonds is 4. The van der Waals surface area contributed by atoms with Crippen LogP contribution in [0.2, 0.25) is 0 Å². The number of carboxylic acid groups (broad SMARTS) is 1. The highest BCUT2D eigenvalue weighted by atomic mass is 16.4. The van der Waals surface area contributed by atoms with E-state index in [1.165, 1.54) is 44.9 Å². The summed E-state index contributed by atoms with van der Waals surface area (Å²) in [5, 5.41) is 9.64. The lowest BCUT2D eigenvalue weighted by Crippen LogP contribution is -2.31. The molecule has 0 saturated heterocycles. The fourth-order valence-corrected chi connectivity index (χ4v) is 3.93. The number of carbonyl (C=O) groups is 1. The molecular formula is C16H28O2. The molecule has 0 aromatic carbocycles. The maximum atomic E-state index is 11.7. The van der Waals surface area contributed by atoms with Gasteiger partial charge >= 0.3 is 5.97 Å². The van der Waals surface area contributed by atoms with Crippen molar-refractivity contribution in [3.63, 3.8) is 0 Å². The molecule has 0 radical (unpaired) electrons. The molecule has 2 aliphatic rings. The van der Waals surface area contributed by atoms with E-state index in [0.717, 1.165) is 44.4 Å². The van der Waals surface area contributed by atoms with Crippen molar-refractivity contribution in [1.29, 1.82) is 0 Å². The molecule has 0 heterocycles. The molecule has 0 spiro atoms. The molecule has 2 rings (SSSR count). The summed E-state index contributed by atoms with van der Waals surface area (Å²) in [6.45, 7) is 0. The fraction of sp³-hybridized carbons (Fsp3) is 0.938. The van der Waals surface area contributed by atoms with Crippen LogP contribution in [0.25, 0.3) is 0 Å². The predicted octanol–water partition coefficient (Wildman–Crippen LogP) is 4.77. The van der Waals surface area contributed by atoms with Crippen molar-refractivity contribution in [3.8, 4) is 0 Å². The minimum absolute atomic E-state index is 0.367. The van der Waals surface area contributed by atoms with Crippen LogP contribution in [-0.2, 0) is 4.79 Å². The third kappa shape index (κ3) is 3.49. The monoisotopic (exact) mass is 252 g/mol. The van der Waals surface area contributed by atoms with Crippen LogP contribution in [0.3, 0.4) is 0 Å². The van der Waals surface area contributed by atoms with Crippen LogP contribution in [0.5, 0.6) is 0 Å². The first-order valence-corrected chi connectivity index (χ1v) is 7.96. The molecule has 2 nitrogen and oxygen atoms in total. The van der Waals surface area contributed by atoms with Gasteiger partial charge in [-0.3, -0.25) is 4.79 Å². The van der Waals surface area contributed by atoms with Gasteiger partial charge in [0, 0.05) is 0 Å². The Balaban J connectivity index is 1.90.